The van der Waals surface area contributed by atoms with E-state index in [1.54, 1.807) is 12.1 Å². The highest BCUT2D eigenvalue weighted by atomic mass is 79.9. The van der Waals surface area contributed by atoms with E-state index in [0.717, 1.165) is 0 Å². The van der Waals surface area contributed by atoms with Crippen LogP contribution in [0.15, 0.2) is 39.5 Å². The summed E-state index contributed by atoms with van der Waals surface area (Å²) < 4.78 is 5.67. The number of aromatic nitrogens is 1. The zero-order valence-corrected chi connectivity index (χ0v) is 10.2. The molecule has 0 aliphatic carbocycles. The lowest BCUT2D eigenvalue weighted by Crippen LogP contribution is -2.10. The van der Waals surface area contributed by atoms with Gasteiger partial charge in [-0.1, -0.05) is 0 Å². The van der Waals surface area contributed by atoms with E-state index >= 15 is 0 Å². The smallest absolute Gasteiger partial charge is 0.291 e. The second-order valence-electron chi connectivity index (χ2n) is 2.93. The molecule has 0 aromatic carbocycles. The monoisotopic (exact) mass is 300 g/mol. The molecule has 0 spiro atoms. The van der Waals surface area contributed by atoms with E-state index in [-0.39, 0.29) is 16.9 Å². The Morgan fingerprint density at radius 1 is 1.38 bits per heavy atom. The van der Waals surface area contributed by atoms with Crippen LogP contribution in [-0.2, 0) is 0 Å². The lowest BCUT2D eigenvalue weighted by molar-refractivity contribution is 0.0996. The standard InChI is InChI=1S/C10H6BrClN2O2/c11-8-3-1-6(5-13-8)14-10(15)7-2-4-9(12)16-7/h1-5H,(H,14,15). The van der Waals surface area contributed by atoms with Crippen LogP contribution >= 0.6 is 27.5 Å². The van der Waals surface area contributed by atoms with Crippen molar-refractivity contribution in [3.05, 3.63) is 46.0 Å². The minimum Gasteiger partial charge on any atom is -0.440 e. The number of amides is 1. The Kier molecular flexibility index (Phi) is 3.26. The second-order valence-corrected chi connectivity index (χ2v) is 4.11. The number of nitrogens with zero attached hydrogens (tertiary/aromatic N) is 1. The van der Waals surface area contributed by atoms with Crippen LogP contribution in [0, 0.1) is 0 Å². The molecule has 16 heavy (non-hydrogen) atoms. The quantitative estimate of drug-likeness (QED) is 0.866. The minimum atomic E-state index is -0.365. The highest BCUT2D eigenvalue weighted by Crippen LogP contribution is 2.15. The molecule has 0 radical (unpaired) electrons. The first-order valence-electron chi connectivity index (χ1n) is 4.33. The highest BCUT2D eigenvalue weighted by molar-refractivity contribution is 9.10. The normalized spacial score (nSPS) is 10.1. The van der Waals surface area contributed by atoms with Gasteiger partial charge in [-0.05, 0) is 51.8 Å². The molecule has 4 nitrogen and oxygen atoms in total. The first kappa shape index (κ1) is 11.2. The van der Waals surface area contributed by atoms with Gasteiger partial charge in [0.2, 0.25) is 0 Å². The van der Waals surface area contributed by atoms with Crippen LogP contribution in [0.3, 0.4) is 0 Å². The molecule has 2 aromatic heterocycles. The molecule has 0 atom stereocenters. The molecule has 2 aromatic rings. The fraction of sp³-hybridized carbons (Fsp3) is 0. The zero-order valence-electron chi connectivity index (χ0n) is 7.91. The van der Waals surface area contributed by atoms with Gasteiger partial charge in [-0.2, -0.15) is 0 Å². The van der Waals surface area contributed by atoms with E-state index in [2.05, 4.69) is 26.2 Å². The lowest BCUT2D eigenvalue weighted by atomic mass is 10.4. The van der Waals surface area contributed by atoms with Crippen LogP contribution in [0.25, 0.3) is 0 Å². The van der Waals surface area contributed by atoms with Gasteiger partial charge in [0.05, 0.1) is 11.9 Å². The molecule has 82 valence electrons. The summed E-state index contributed by atoms with van der Waals surface area (Å²) in [6.45, 7) is 0. The summed E-state index contributed by atoms with van der Waals surface area (Å²) in [6.07, 6.45) is 1.53. The molecule has 1 N–H and O–H groups in total. The SMILES string of the molecule is O=C(Nc1ccc(Br)nc1)c1ccc(Cl)o1. The number of hydrogen-bond donors (Lipinski definition) is 1. The number of pyridine rings is 1. The molecule has 0 aliphatic heterocycles. The first-order valence-corrected chi connectivity index (χ1v) is 5.50. The maximum absolute atomic E-state index is 11.6. The Labute approximate surface area is 105 Å². The van der Waals surface area contributed by atoms with Gasteiger partial charge in [-0.25, -0.2) is 4.98 Å². The minimum absolute atomic E-state index is 0.160. The van der Waals surface area contributed by atoms with Gasteiger partial charge in [-0.3, -0.25) is 4.79 Å². The van der Waals surface area contributed by atoms with Gasteiger partial charge in [0.1, 0.15) is 4.60 Å². The number of carbonyl (C=O) groups excluding carboxylic acids is 1. The summed E-state index contributed by atoms with van der Waals surface area (Å²) in [5, 5.41) is 2.80. The highest BCUT2D eigenvalue weighted by Gasteiger charge is 2.10. The van der Waals surface area contributed by atoms with E-state index in [1.165, 1.54) is 18.3 Å². The predicted octanol–water partition coefficient (Wildman–Crippen LogP) is 3.34. The van der Waals surface area contributed by atoms with Crippen LogP contribution in [-0.4, -0.2) is 10.9 Å². The Hall–Kier alpha value is -1.33. The fourth-order valence-electron chi connectivity index (χ4n) is 1.08. The summed E-state index contributed by atoms with van der Waals surface area (Å²) in [6, 6.07) is 6.46. The Bertz CT molecular complexity index is 510. The van der Waals surface area contributed by atoms with Crippen LogP contribution in [0.2, 0.25) is 5.22 Å². The maximum atomic E-state index is 11.6. The Morgan fingerprint density at radius 2 is 2.19 bits per heavy atom. The number of nitrogens with one attached hydrogen (secondary N) is 1. The average molecular weight is 302 g/mol. The van der Waals surface area contributed by atoms with Crippen LogP contribution in [0.5, 0.6) is 0 Å². The predicted molar refractivity (Wildman–Crippen MR) is 63.6 cm³/mol. The Balaban J connectivity index is 2.10. The van der Waals surface area contributed by atoms with Crippen molar-refractivity contribution in [3.63, 3.8) is 0 Å². The molecule has 0 bridgehead atoms. The summed E-state index contributed by atoms with van der Waals surface area (Å²) in [4.78, 5) is 15.6. The molecule has 2 heterocycles. The lowest BCUT2D eigenvalue weighted by Gasteiger charge is -2.01. The molecular weight excluding hydrogens is 295 g/mol. The van der Waals surface area contributed by atoms with Crippen molar-refractivity contribution in [1.82, 2.24) is 4.98 Å². The third kappa shape index (κ3) is 2.62. The Morgan fingerprint density at radius 3 is 2.75 bits per heavy atom. The van der Waals surface area contributed by atoms with Gasteiger partial charge in [0, 0.05) is 0 Å². The molecule has 0 unspecified atom stereocenters. The molecular formula is C10H6BrClN2O2. The molecule has 0 aliphatic rings. The van der Waals surface area contributed by atoms with Crippen molar-refractivity contribution in [1.29, 1.82) is 0 Å². The number of furan rings is 1. The molecule has 2 rings (SSSR count). The van der Waals surface area contributed by atoms with Crippen molar-refractivity contribution in [3.8, 4) is 0 Å². The molecule has 0 saturated heterocycles. The topological polar surface area (TPSA) is 55.1 Å². The van der Waals surface area contributed by atoms with Crippen molar-refractivity contribution < 1.29 is 9.21 Å². The summed E-state index contributed by atoms with van der Waals surface area (Å²) in [7, 11) is 0. The van der Waals surface area contributed by atoms with Crippen LogP contribution < -0.4 is 5.32 Å². The first-order chi connectivity index (χ1) is 7.65. The number of rotatable bonds is 2. The molecule has 6 heteroatoms. The number of anilines is 1. The van der Waals surface area contributed by atoms with Crippen molar-refractivity contribution in [2.45, 2.75) is 0 Å². The maximum Gasteiger partial charge on any atom is 0.291 e. The van der Waals surface area contributed by atoms with Crippen molar-refractivity contribution >= 4 is 39.1 Å². The van der Waals surface area contributed by atoms with Gasteiger partial charge in [0.25, 0.3) is 5.91 Å². The molecule has 0 saturated carbocycles. The third-order valence-corrected chi connectivity index (χ3v) is 2.45. The van der Waals surface area contributed by atoms with Crippen LogP contribution in [0.4, 0.5) is 5.69 Å². The number of carbonyl (C=O) groups is 1. The van der Waals surface area contributed by atoms with Gasteiger partial charge in [0.15, 0.2) is 11.0 Å². The van der Waals surface area contributed by atoms with E-state index in [4.69, 9.17) is 16.0 Å². The fourth-order valence-corrected chi connectivity index (χ4v) is 1.46. The van der Waals surface area contributed by atoms with E-state index in [9.17, 15) is 4.79 Å². The number of halogens is 2. The van der Waals surface area contributed by atoms with Crippen molar-refractivity contribution in [2.24, 2.45) is 0 Å². The van der Waals surface area contributed by atoms with Gasteiger partial charge >= 0.3 is 0 Å². The van der Waals surface area contributed by atoms with Gasteiger partial charge in [-0.15, -0.1) is 0 Å². The molecule has 0 fully saturated rings. The van der Waals surface area contributed by atoms with E-state index in [0.29, 0.717) is 10.3 Å². The zero-order chi connectivity index (χ0) is 11.5. The van der Waals surface area contributed by atoms with Crippen molar-refractivity contribution in [2.75, 3.05) is 5.32 Å². The molecule has 1 amide bonds. The van der Waals surface area contributed by atoms with E-state index < -0.39 is 0 Å². The van der Waals surface area contributed by atoms with Gasteiger partial charge < -0.3 is 9.73 Å². The van der Waals surface area contributed by atoms with Crippen LogP contribution in [0.1, 0.15) is 10.6 Å². The summed E-state index contributed by atoms with van der Waals surface area (Å²) in [5.74, 6) is -0.205. The number of hydrogen-bond acceptors (Lipinski definition) is 3. The summed E-state index contributed by atoms with van der Waals surface area (Å²) >= 11 is 8.76. The van der Waals surface area contributed by atoms with E-state index in [1.807, 2.05) is 0 Å². The largest absolute Gasteiger partial charge is 0.440 e. The second kappa shape index (κ2) is 4.67. The summed E-state index contributed by atoms with van der Waals surface area (Å²) in [5.41, 5.74) is 0.584. The average Bonchev–Trinajstić information content (AvgIpc) is 2.68. The third-order valence-electron chi connectivity index (χ3n) is 1.78.